The molecule has 1 aliphatic rings. The lowest BCUT2D eigenvalue weighted by molar-refractivity contribution is 0.108. The number of ether oxygens (including phenoxy) is 1. The number of hydrogen-bond donors (Lipinski definition) is 0. The molecular weight excluding hydrogens is 250 g/mol. The Hall–Kier alpha value is -2.38. The third kappa shape index (κ3) is 2.49. The first-order chi connectivity index (χ1) is 9.88. The number of nitrogens with zero attached hydrogens (tertiary/aromatic N) is 3. The molecule has 100 valence electrons. The molecular formula is C16H15N3O. The Morgan fingerprint density at radius 1 is 1.25 bits per heavy atom. The van der Waals surface area contributed by atoms with Crippen LogP contribution in [0.5, 0.6) is 0 Å². The van der Waals surface area contributed by atoms with Crippen molar-refractivity contribution < 1.29 is 4.74 Å². The first kappa shape index (κ1) is 12.6. The number of hydrogen-bond acceptors (Lipinski definition) is 4. The highest BCUT2D eigenvalue weighted by molar-refractivity contribution is 5.57. The molecule has 4 nitrogen and oxygen atoms in total. The van der Waals surface area contributed by atoms with Gasteiger partial charge >= 0.3 is 0 Å². The normalized spacial score (nSPS) is 18.6. The van der Waals surface area contributed by atoms with Crippen molar-refractivity contribution in [3.8, 4) is 23.7 Å². The second-order valence-corrected chi connectivity index (χ2v) is 4.56. The molecule has 0 amide bonds. The van der Waals surface area contributed by atoms with Crippen LogP contribution in [-0.4, -0.2) is 35.8 Å². The fourth-order valence-electron chi connectivity index (χ4n) is 2.25. The van der Waals surface area contributed by atoms with Crippen LogP contribution in [0.25, 0.3) is 11.4 Å². The Balaban J connectivity index is 1.93. The molecule has 3 rings (SSSR count). The zero-order valence-electron chi connectivity index (χ0n) is 11.1. The molecule has 20 heavy (non-hydrogen) atoms. The van der Waals surface area contributed by atoms with E-state index in [1.54, 1.807) is 6.20 Å². The van der Waals surface area contributed by atoms with E-state index in [2.05, 4.69) is 20.8 Å². The summed E-state index contributed by atoms with van der Waals surface area (Å²) in [4.78, 5) is 11.1. The second-order valence-electron chi connectivity index (χ2n) is 4.56. The van der Waals surface area contributed by atoms with E-state index in [0.29, 0.717) is 19.0 Å². The average molecular weight is 265 g/mol. The smallest absolute Gasteiger partial charge is 0.161 e. The summed E-state index contributed by atoms with van der Waals surface area (Å²) < 4.78 is 5.41. The van der Waals surface area contributed by atoms with Crippen molar-refractivity contribution in [1.29, 1.82) is 0 Å². The van der Waals surface area contributed by atoms with E-state index in [-0.39, 0.29) is 6.04 Å². The Labute approximate surface area is 118 Å². The summed E-state index contributed by atoms with van der Waals surface area (Å²) in [5, 5.41) is 0. The number of morpholine rings is 1. The van der Waals surface area contributed by atoms with Gasteiger partial charge in [-0.1, -0.05) is 36.3 Å². The molecule has 4 heteroatoms. The summed E-state index contributed by atoms with van der Waals surface area (Å²) in [6.07, 6.45) is 7.34. The van der Waals surface area contributed by atoms with Crippen LogP contribution in [0.15, 0.2) is 42.6 Å². The maximum Gasteiger partial charge on any atom is 0.161 e. The summed E-state index contributed by atoms with van der Waals surface area (Å²) in [5.74, 6) is 4.32. The summed E-state index contributed by atoms with van der Waals surface area (Å²) in [6.45, 7) is 1.96. The van der Waals surface area contributed by atoms with Gasteiger partial charge in [0.05, 0.1) is 13.2 Å². The molecule has 0 radical (unpaired) electrons. The minimum Gasteiger partial charge on any atom is -0.376 e. The number of terminal acetylenes is 1. The quantitative estimate of drug-likeness (QED) is 0.778. The van der Waals surface area contributed by atoms with Gasteiger partial charge in [-0.2, -0.15) is 0 Å². The van der Waals surface area contributed by atoms with Gasteiger partial charge in [0.25, 0.3) is 0 Å². The summed E-state index contributed by atoms with van der Waals surface area (Å²) in [5.41, 5.74) is 1.000. The lowest BCUT2D eigenvalue weighted by Crippen LogP contribution is -2.45. The zero-order valence-corrected chi connectivity index (χ0v) is 11.1. The summed E-state index contributed by atoms with van der Waals surface area (Å²) >= 11 is 0. The number of anilines is 1. The second kappa shape index (κ2) is 5.72. The van der Waals surface area contributed by atoms with Crippen molar-refractivity contribution in [1.82, 2.24) is 9.97 Å². The van der Waals surface area contributed by atoms with E-state index in [9.17, 15) is 0 Å². The number of benzene rings is 1. The standard InChI is InChI=1S/C16H15N3O/c1-2-14-12-20-11-10-19(14)15-8-9-17-16(18-15)13-6-4-3-5-7-13/h1,3-9,14H,10-12H2/t14-/m1/s1. The molecule has 2 heterocycles. The first-order valence-corrected chi connectivity index (χ1v) is 6.57. The van der Waals surface area contributed by atoms with Gasteiger partial charge in [-0.15, -0.1) is 6.42 Å². The van der Waals surface area contributed by atoms with E-state index in [0.717, 1.165) is 17.9 Å². The lowest BCUT2D eigenvalue weighted by Gasteiger charge is -2.33. The van der Waals surface area contributed by atoms with Crippen LogP contribution in [0.3, 0.4) is 0 Å². The van der Waals surface area contributed by atoms with Crippen LogP contribution in [0.4, 0.5) is 5.82 Å². The fourth-order valence-corrected chi connectivity index (χ4v) is 2.25. The first-order valence-electron chi connectivity index (χ1n) is 6.57. The largest absolute Gasteiger partial charge is 0.376 e. The minimum atomic E-state index is -0.0673. The monoisotopic (exact) mass is 265 g/mol. The SMILES string of the molecule is C#C[C@@H]1COCCN1c1ccnc(-c2ccccc2)n1. The highest BCUT2D eigenvalue weighted by atomic mass is 16.5. The van der Waals surface area contributed by atoms with Crippen LogP contribution in [-0.2, 0) is 4.74 Å². The van der Waals surface area contributed by atoms with E-state index in [1.807, 2.05) is 36.4 Å². The maximum absolute atomic E-state index is 5.57. The van der Waals surface area contributed by atoms with Crippen molar-refractivity contribution in [3.05, 3.63) is 42.6 Å². The average Bonchev–Trinajstić information content (AvgIpc) is 2.56. The van der Waals surface area contributed by atoms with Gasteiger partial charge in [0.1, 0.15) is 11.9 Å². The summed E-state index contributed by atoms with van der Waals surface area (Å²) in [6, 6.07) is 11.7. The molecule has 0 aliphatic carbocycles. The Kier molecular flexibility index (Phi) is 3.62. The molecule has 0 saturated carbocycles. The van der Waals surface area contributed by atoms with Crippen molar-refractivity contribution in [3.63, 3.8) is 0 Å². The molecule has 1 atom stereocenters. The van der Waals surface area contributed by atoms with Crippen LogP contribution in [0, 0.1) is 12.3 Å². The van der Waals surface area contributed by atoms with Gasteiger partial charge in [0.2, 0.25) is 0 Å². The number of rotatable bonds is 2. The van der Waals surface area contributed by atoms with Crippen LogP contribution in [0.2, 0.25) is 0 Å². The van der Waals surface area contributed by atoms with E-state index in [4.69, 9.17) is 11.2 Å². The van der Waals surface area contributed by atoms with Gasteiger partial charge in [0, 0.05) is 18.3 Å². The van der Waals surface area contributed by atoms with Crippen LogP contribution >= 0.6 is 0 Å². The summed E-state index contributed by atoms with van der Waals surface area (Å²) in [7, 11) is 0. The van der Waals surface area contributed by atoms with Crippen LogP contribution in [0.1, 0.15) is 0 Å². The molecule has 0 spiro atoms. The molecule has 2 aromatic rings. The highest BCUT2D eigenvalue weighted by Gasteiger charge is 2.22. The Morgan fingerprint density at radius 2 is 2.10 bits per heavy atom. The van der Waals surface area contributed by atoms with Gasteiger partial charge < -0.3 is 9.64 Å². The van der Waals surface area contributed by atoms with Crippen molar-refractivity contribution in [2.45, 2.75) is 6.04 Å². The molecule has 0 N–H and O–H groups in total. The number of aromatic nitrogens is 2. The van der Waals surface area contributed by atoms with E-state index in [1.165, 1.54) is 0 Å². The fraction of sp³-hybridized carbons (Fsp3) is 0.250. The zero-order chi connectivity index (χ0) is 13.8. The van der Waals surface area contributed by atoms with E-state index >= 15 is 0 Å². The topological polar surface area (TPSA) is 38.2 Å². The lowest BCUT2D eigenvalue weighted by atomic mass is 10.2. The Bertz CT molecular complexity index is 621. The van der Waals surface area contributed by atoms with Crippen molar-refractivity contribution in [2.24, 2.45) is 0 Å². The molecule has 0 bridgehead atoms. The van der Waals surface area contributed by atoms with Gasteiger partial charge in [0.15, 0.2) is 5.82 Å². The Morgan fingerprint density at radius 3 is 2.90 bits per heavy atom. The van der Waals surface area contributed by atoms with E-state index < -0.39 is 0 Å². The van der Waals surface area contributed by atoms with Crippen LogP contribution < -0.4 is 4.90 Å². The van der Waals surface area contributed by atoms with Gasteiger partial charge in [-0.05, 0) is 6.07 Å². The maximum atomic E-state index is 5.57. The van der Waals surface area contributed by atoms with Crippen molar-refractivity contribution in [2.75, 3.05) is 24.7 Å². The van der Waals surface area contributed by atoms with Gasteiger partial charge in [-0.25, -0.2) is 9.97 Å². The molecule has 0 unspecified atom stereocenters. The third-order valence-electron chi connectivity index (χ3n) is 3.29. The molecule has 1 fully saturated rings. The predicted molar refractivity (Wildman–Crippen MR) is 78.3 cm³/mol. The predicted octanol–water partition coefficient (Wildman–Crippen LogP) is 1.98. The third-order valence-corrected chi connectivity index (χ3v) is 3.29. The van der Waals surface area contributed by atoms with Gasteiger partial charge in [-0.3, -0.25) is 0 Å². The molecule has 1 aromatic carbocycles. The highest BCUT2D eigenvalue weighted by Crippen LogP contribution is 2.20. The molecule has 1 aliphatic heterocycles. The minimum absolute atomic E-state index is 0.0673. The van der Waals surface area contributed by atoms with Crippen molar-refractivity contribution >= 4 is 5.82 Å². The molecule has 1 aromatic heterocycles. The molecule has 1 saturated heterocycles.